The van der Waals surface area contributed by atoms with Gasteiger partial charge < -0.3 is 0 Å². The smallest absolute Gasteiger partial charge is 0.226 e. The molecule has 0 saturated carbocycles. The van der Waals surface area contributed by atoms with Crippen molar-refractivity contribution < 1.29 is 4.79 Å². The molecule has 100 valence electrons. The second kappa shape index (κ2) is 5.30. The van der Waals surface area contributed by atoms with E-state index in [9.17, 15) is 4.79 Å². The van der Waals surface area contributed by atoms with Crippen LogP contribution in [0, 0.1) is 0 Å². The van der Waals surface area contributed by atoms with E-state index in [0.717, 1.165) is 17.2 Å². The van der Waals surface area contributed by atoms with Crippen molar-refractivity contribution in [1.82, 2.24) is 24.6 Å². The Bertz CT molecular complexity index is 734. The number of aryl methyl sites for hydroxylation is 1. The van der Waals surface area contributed by atoms with Crippen molar-refractivity contribution in [2.45, 2.75) is 13.3 Å². The number of para-hydroxylation sites is 1. The summed E-state index contributed by atoms with van der Waals surface area (Å²) in [5.41, 5.74) is 1.92. The number of benzene rings is 1. The molecular weight excluding hydrogens is 274 g/mol. The van der Waals surface area contributed by atoms with Gasteiger partial charge in [0.2, 0.25) is 5.78 Å². The number of aromatic nitrogens is 5. The van der Waals surface area contributed by atoms with Crippen LogP contribution in [0.5, 0.6) is 0 Å². The SMILES string of the molecule is CCc1nnsc1C(=O)c1cnnn1-c1ccccc1. The molecule has 3 aromatic rings. The van der Waals surface area contributed by atoms with E-state index in [1.165, 1.54) is 10.9 Å². The lowest BCUT2D eigenvalue weighted by Gasteiger charge is -2.04. The van der Waals surface area contributed by atoms with Gasteiger partial charge in [-0.05, 0) is 30.1 Å². The monoisotopic (exact) mass is 285 g/mol. The Morgan fingerprint density at radius 2 is 2.10 bits per heavy atom. The summed E-state index contributed by atoms with van der Waals surface area (Å²) in [5.74, 6) is -0.147. The standard InChI is InChI=1S/C13H11N5OS/c1-2-10-13(20-17-15-10)12(19)11-8-14-16-18(11)9-6-4-3-5-7-9/h3-8H,2H2,1H3. The van der Waals surface area contributed by atoms with Crippen LogP contribution in [0.25, 0.3) is 5.69 Å². The number of hydrogen-bond donors (Lipinski definition) is 0. The fourth-order valence-corrected chi connectivity index (χ4v) is 2.58. The fraction of sp³-hybridized carbons (Fsp3) is 0.154. The first-order valence-corrected chi connectivity index (χ1v) is 6.90. The number of ketones is 1. The van der Waals surface area contributed by atoms with Crippen LogP contribution < -0.4 is 0 Å². The summed E-state index contributed by atoms with van der Waals surface area (Å²) in [6.45, 7) is 1.94. The Labute approximate surface area is 119 Å². The van der Waals surface area contributed by atoms with Crippen molar-refractivity contribution in [3.05, 3.63) is 52.8 Å². The second-order valence-electron chi connectivity index (χ2n) is 4.10. The van der Waals surface area contributed by atoms with Crippen molar-refractivity contribution in [2.24, 2.45) is 0 Å². The average molecular weight is 285 g/mol. The first-order chi connectivity index (χ1) is 9.81. The molecule has 0 atom stereocenters. The molecule has 7 heteroatoms. The number of rotatable bonds is 4. The molecule has 0 unspecified atom stereocenters. The molecule has 0 aliphatic rings. The summed E-state index contributed by atoms with van der Waals surface area (Å²) in [5, 5.41) is 11.8. The highest BCUT2D eigenvalue weighted by atomic mass is 32.1. The number of carbonyl (C=O) groups excluding carboxylic acids is 1. The van der Waals surface area contributed by atoms with E-state index in [0.29, 0.717) is 22.7 Å². The van der Waals surface area contributed by atoms with Crippen LogP contribution in [0.2, 0.25) is 0 Å². The van der Waals surface area contributed by atoms with Gasteiger partial charge >= 0.3 is 0 Å². The van der Waals surface area contributed by atoms with Crippen LogP contribution in [0.15, 0.2) is 36.5 Å². The molecule has 0 aliphatic carbocycles. The van der Waals surface area contributed by atoms with E-state index in [1.54, 1.807) is 0 Å². The molecule has 0 N–H and O–H groups in total. The van der Waals surface area contributed by atoms with Gasteiger partial charge in [-0.2, -0.15) is 0 Å². The van der Waals surface area contributed by atoms with Crippen LogP contribution in [0.1, 0.15) is 28.0 Å². The molecule has 1 aromatic carbocycles. The minimum Gasteiger partial charge on any atom is -0.286 e. The predicted molar refractivity (Wildman–Crippen MR) is 74.1 cm³/mol. The zero-order valence-electron chi connectivity index (χ0n) is 10.7. The predicted octanol–water partition coefficient (Wildman–Crippen LogP) is 1.91. The highest BCUT2D eigenvalue weighted by molar-refractivity contribution is 7.08. The van der Waals surface area contributed by atoms with E-state index in [2.05, 4.69) is 19.9 Å². The fourth-order valence-electron chi connectivity index (χ4n) is 1.88. The van der Waals surface area contributed by atoms with Gasteiger partial charge in [-0.3, -0.25) is 4.79 Å². The summed E-state index contributed by atoms with van der Waals surface area (Å²) in [6.07, 6.45) is 2.14. The van der Waals surface area contributed by atoms with Gasteiger partial charge in [0.1, 0.15) is 10.6 Å². The third-order valence-electron chi connectivity index (χ3n) is 2.88. The number of hydrogen-bond acceptors (Lipinski definition) is 6. The topological polar surface area (TPSA) is 73.6 Å². The van der Waals surface area contributed by atoms with Crippen LogP contribution in [-0.2, 0) is 6.42 Å². The maximum absolute atomic E-state index is 12.6. The lowest BCUT2D eigenvalue weighted by molar-refractivity contribution is 0.103. The van der Waals surface area contributed by atoms with Crippen molar-refractivity contribution in [1.29, 1.82) is 0 Å². The molecule has 2 heterocycles. The molecule has 0 aliphatic heterocycles. The third kappa shape index (κ3) is 2.12. The maximum atomic E-state index is 12.6. The first kappa shape index (κ1) is 12.6. The van der Waals surface area contributed by atoms with Gasteiger partial charge in [-0.15, -0.1) is 10.2 Å². The average Bonchev–Trinajstić information content (AvgIpc) is 3.16. The molecule has 0 fully saturated rings. The highest BCUT2D eigenvalue weighted by Crippen LogP contribution is 2.18. The molecule has 0 saturated heterocycles. The molecule has 3 rings (SSSR count). The minimum atomic E-state index is -0.147. The van der Waals surface area contributed by atoms with Crippen molar-refractivity contribution in [2.75, 3.05) is 0 Å². The summed E-state index contributed by atoms with van der Waals surface area (Å²) >= 11 is 1.10. The van der Waals surface area contributed by atoms with Gasteiger partial charge in [0, 0.05) is 0 Å². The van der Waals surface area contributed by atoms with Crippen LogP contribution >= 0.6 is 11.5 Å². The van der Waals surface area contributed by atoms with Gasteiger partial charge in [0.25, 0.3) is 0 Å². The third-order valence-corrected chi connectivity index (χ3v) is 3.65. The molecule has 0 amide bonds. The van der Waals surface area contributed by atoms with Gasteiger partial charge in [-0.25, -0.2) is 4.68 Å². The number of nitrogens with zero attached hydrogens (tertiary/aromatic N) is 5. The van der Waals surface area contributed by atoms with E-state index >= 15 is 0 Å². The first-order valence-electron chi connectivity index (χ1n) is 6.13. The zero-order valence-corrected chi connectivity index (χ0v) is 11.5. The summed E-state index contributed by atoms with van der Waals surface area (Å²) in [7, 11) is 0. The molecule has 2 aromatic heterocycles. The van der Waals surface area contributed by atoms with Crippen molar-refractivity contribution in [3.63, 3.8) is 0 Å². The molecule has 20 heavy (non-hydrogen) atoms. The molecule has 0 radical (unpaired) electrons. The zero-order chi connectivity index (χ0) is 13.9. The Hall–Kier alpha value is -2.41. The van der Waals surface area contributed by atoms with Crippen molar-refractivity contribution >= 4 is 17.3 Å². The maximum Gasteiger partial charge on any atom is 0.226 e. The quantitative estimate of drug-likeness (QED) is 0.685. The van der Waals surface area contributed by atoms with Crippen LogP contribution in [0.3, 0.4) is 0 Å². The molecule has 6 nitrogen and oxygen atoms in total. The molecule has 0 spiro atoms. The molecular formula is C13H11N5OS. The van der Waals surface area contributed by atoms with Gasteiger partial charge in [0.15, 0.2) is 0 Å². The summed E-state index contributed by atoms with van der Waals surface area (Å²) in [4.78, 5) is 13.1. The largest absolute Gasteiger partial charge is 0.286 e. The lowest BCUT2D eigenvalue weighted by atomic mass is 10.2. The Morgan fingerprint density at radius 3 is 2.85 bits per heavy atom. The van der Waals surface area contributed by atoms with E-state index < -0.39 is 0 Å². The summed E-state index contributed by atoms with van der Waals surface area (Å²) in [6, 6.07) is 9.42. The van der Waals surface area contributed by atoms with Crippen molar-refractivity contribution in [3.8, 4) is 5.69 Å². The minimum absolute atomic E-state index is 0.147. The highest BCUT2D eigenvalue weighted by Gasteiger charge is 2.21. The van der Waals surface area contributed by atoms with Gasteiger partial charge in [0.05, 0.1) is 17.6 Å². The van der Waals surface area contributed by atoms with E-state index in [4.69, 9.17) is 0 Å². The lowest BCUT2D eigenvalue weighted by Crippen LogP contribution is -2.10. The normalized spacial score (nSPS) is 10.7. The van der Waals surface area contributed by atoms with E-state index in [-0.39, 0.29) is 5.78 Å². The van der Waals surface area contributed by atoms with Gasteiger partial charge in [-0.1, -0.05) is 34.8 Å². The number of carbonyl (C=O) groups is 1. The Kier molecular flexibility index (Phi) is 3.34. The summed E-state index contributed by atoms with van der Waals surface area (Å²) < 4.78 is 5.38. The van der Waals surface area contributed by atoms with Crippen LogP contribution in [-0.4, -0.2) is 30.4 Å². The van der Waals surface area contributed by atoms with Crippen LogP contribution in [0.4, 0.5) is 0 Å². The van der Waals surface area contributed by atoms with E-state index in [1.807, 2.05) is 37.3 Å². The molecule has 0 bridgehead atoms. The second-order valence-corrected chi connectivity index (χ2v) is 4.85. The Balaban J connectivity index is 2.04. The Morgan fingerprint density at radius 1 is 1.30 bits per heavy atom.